The second-order valence-electron chi connectivity index (χ2n) is 5.59. The highest BCUT2D eigenvalue weighted by atomic mass is 14.9. The van der Waals surface area contributed by atoms with Crippen LogP contribution in [0.4, 0.5) is 0 Å². The second-order valence-corrected chi connectivity index (χ2v) is 5.59. The molecule has 17 heavy (non-hydrogen) atoms. The molecule has 0 heterocycles. The maximum atomic E-state index is 3.64. The molecule has 96 valence electrons. The van der Waals surface area contributed by atoms with Gasteiger partial charge in [-0.1, -0.05) is 51.1 Å². The van der Waals surface area contributed by atoms with Crippen LogP contribution in [0, 0.1) is 5.92 Å². The summed E-state index contributed by atoms with van der Waals surface area (Å²) in [6.07, 6.45) is 2.59. The van der Waals surface area contributed by atoms with E-state index in [2.05, 4.69) is 63.3 Å². The van der Waals surface area contributed by atoms with Crippen molar-refractivity contribution in [3.8, 4) is 0 Å². The van der Waals surface area contributed by atoms with Gasteiger partial charge in [-0.2, -0.15) is 0 Å². The van der Waals surface area contributed by atoms with Crippen molar-refractivity contribution in [1.82, 2.24) is 5.32 Å². The number of rotatable bonds is 7. The van der Waals surface area contributed by atoms with Crippen LogP contribution in [0.3, 0.4) is 0 Å². The van der Waals surface area contributed by atoms with Crippen LogP contribution in [0.25, 0.3) is 0 Å². The Labute approximate surface area is 107 Å². The van der Waals surface area contributed by atoms with Crippen molar-refractivity contribution in [3.05, 3.63) is 35.9 Å². The molecule has 0 aliphatic heterocycles. The summed E-state index contributed by atoms with van der Waals surface area (Å²) >= 11 is 0. The van der Waals surface area contributed by atoms with Gasteiger partial charge in [-0.05, 0) is 37.2 Å². The molecule has 0 fully saturated rings. The van der Waals surface area contributed by atoms with Crippen molar-refractivity contribution in [2.24, 2.45) is 5.92 Å². The van der Waals surface area contributed by atoms with E-state index in [9.17, 15) is 0 Å². The van der Waals surface area contributed by atoms with Gasteiger partial charge in [-0.25, -0.2) is 0 Å². The molecule has 0 saturated carbocycles. The van der Waals surface area contributed by atoms with E-state index in [1.165, 1.54) is 18.4 Å². The average Bonchev–Trinajstić information content (AvgIpc) is 2.34. The minimum Gasteiger partial charge on any atom is -0.314 e. The lowest BCUT2D eigenvalue weighted by Crippen LogP contribution is -2.29. The van der Waals surface area contributed by atoms with Gasteiger partial charge in [0, 0.05) is 12.6 Å². The zero-order chi connectivity index (χ0) is 12.7. The van der Waals surface area contributed by atoms with Gasteiger partial charge >= 0.3 is 0 Å². The molecule has 1 aromatic carbocycles. The summed E-state index contributed by atoms with van der Waals surface area (Å²) in [6.45, 7) is 10.2. The van der Waals surface area contributed by atoms with Gasteiger partial charge < -0.3 is 5.32 Å². The topological polar surface area (TPSA) is 12.0 Å². The van der Waals surface area contributed by atoms with E-state index in [4.69, 9.17) is 0 Å². The van der Waals surface area contributed by atoms with Gasteiger partial charge in [0.05, 0.1) is 0 Å². The molecule has 0 spiro atoms. The Morgan fingerprint density at radius 1 is 0.941 bits per heavy atom. The maximum absolute atomic E-state index is 3.64. The SMILES string of the molecule is CC(C)CCC(C)NCC(C)c1ccccc1. The Morgan fingerprint density at radius 3 is 2.18 bits per heavy atom. The van der Waals surface area contributed by atoms with E-state index in [0.29, 0.717) is 12.0 Å². The van der Waals surface area contributed by atoms with Crippen molar-refractivity contribution in [2.75, 3.05) is 6.54 Å². The van der Waals surface area contributed by atoms with Crippen LogP contribution >= 0.6 is 0 Å². The van der Waals surface area contributed by atoms with Crippen molar-refractivity contribution in [1.29, 1.82) is 0 Å². The van der Waals surface area contributed by atoms with Gasteiger partial charge in [0.2, 0.25) is 0 Å². The molecule has 0 amide bonds. The molecule has 1 heteroatoms. The monoisotopic (exact) mass is 233 g/mol. The van der Waals surface area contributed by atoms with Crippen LogP contribution in [0.5, 0.6) is 0 Å². The van der Waals surface area contributed by atoms with Gasteiger partial charge in [0.1, 0.15) is 0 Å². The Balaban J connectivity index is 2.26. The number of nitrogens with one attached hydrogen (secondary N) is 1. The fourth-order valence-electron chi connectivity index (χ4n) is 1.96. The Bertz CT molecular complexity index is 292. The molecule has 1 aromatic rings. The standard InChI is InChI=1S/C16H27N/c1-13(2)10-11-15(4)17-12-14(3)16-8-6-5-7-9-16/h5-9,13-15,17H,10-12H2,1-4H3. The fourth-order valence-corrected chi connectivity index (χ4v) is 1.96. The van der Waals surface area contributed by atoms with Gasteiger partial charge in [-0.3, -0.25) is 0 Å². The summed E-state index contributed by atoms with van der Waals surface area (Å²) in [6, 6.07) is 11.4. The van der Waals surface area contributed by atoms with Crippen LogP contribution in [-0.2, 0) is 0 Å². The van der Waals surface area contributed by atoms with Crippen LogP contribution in [0.2, 0.25) is 0 Å². The number of hydrogen-bond donors (Lipinski definition) is 1. The first kappa shape index (κ1) is 14.2. The number of benzene rings is 1. The normalized spacial score (nSPS) is 14.9. The van der Waals surface area contributed by atoms with E-state index in [1.807, 2.05) is 0 Å². The first-order valence-electron chi connectivity index (χ1n) is 6.88. The molecule has 0 aromatic heterocycles. The molecule has 0 aliphatic rings. The summed E-state index contributed by atoms with van der Waals surface area (Å²) in [4.78, 5) is 0. The third-order valence-electron chi connectivity index (χ3n) is 3.32. The summed E-state index contributed by atoms with van der Waals surface area (Å²) in [5.41, 5.74) is 1.43. The quantitative estimate of drug-likeness (QED) is 0.744. The Morgan fingerprint density at radius 2 is 1.59 bits per heavy atom. The molecule has 0 bridgehead atoms. The Kier molecular flexibility index (Phi) is 6.28. The number of hydrogen-bond acceptors (Lipinski definition) is 1. The molecule has 1 rings (SSSR count). The summed E-state index contributed by atoms with van der Waals surface area (Å²) < 4.78 is 0. The van der Waals surface area contributed by atoms with Gasteiger partial charge in [-0.15, -0.1) is 0 Å². The van der Waals surface area contributed by atoms with E-state index >= 15 is 0 Å². The summed E-state index contributed by atoms with van der Waals surface area (Å²) in [7, 11) is 0. The predicted octanol–water partition coefficient (Wildman–Crippen LogP) is 4.20. The Hall–Kier alpha value is -0.820. The van der Waals surface area contributed by atoms with Crippen molar-refractivity contribution < 1.29 is 0 Å². The summed E-state index contributed by atoms with van der Waals surface area (Å²) in [5, 5.41) is 3.64. The summed E-state index contributed by atoms with van der Waals surface area (Å²) in [5.74, 6) is 1.41. The van der Waals surface area contributed by atoms with E-state index in [1.54, 1.807) is 0 Å². The van der Waals surface area contributed by atoms with E-state index in [0.717, 1.165) is 12.5 Å². The smallest absolute Gasteiger partial charge is 0.00390 e. The van der Waals surface area contributed by atoms with Crippen LogP contribution < -0.4 is 5.32 Å². The van der Waals surface area contributed by atoms with Gasteiger partial charge in [0.25, 0.3) is 0 Å². The van der Waals surface area contributed by atoms with Crippen LogP contribution in [0.1, 0.15) is 52.0 Å². The zero-order valence-corrected chi connectivity index (χ0v) is 11.7. The van der Waals surface area contributed by atoms with E-state index in [-0.39, 0.29) is 0 Å². The fraction of sp³-hybridized carbons (Fsp3) is 0.625. The van der Waals surface area contributed by atoms with Crippen LogP contribution in [0.15, 0.2) is 30.3 Å². The molecular weight excluding hydrogens is 206 g/mol. The molecule has 2 unspecified atom stereocenters. The first-order chi connectivity index (χ1) is 8.09. The highest BCUT2D eigenvalue weighted by Gasteiger charge is 2.07. The van der Waals surface area contributed by atoms with Crippen molar-refractivity contribution >= 4 is 0 Å². The lowest BCUT2D eigenvalue weighted by atomic mass is 10.00. The minimum atomic E-state index is 0.595. The van der Waals surface area contributed by atoms with Crippen molar-refractivity contribution in [2.45, 2.75) is 52.5 Å². The zero-order valence-electron chi connectivity index (χ0n) is 11.7. The largest absolute Gasteiger partial charge is 0.314 e. The third-order valence-corrected chi connectivity index (χ3v) is 3.32. The highest BCUT2D eigenvalue weighted by Crippen LogP contribution is 2.14. The highest BCUT2D eigenvalue weighted by molar-refractivity contribution is 5.18. The minimum absolute atomic E-state index is 0.595. The van der Waals surface area contributed by atoms with E-state index < -0.39 is 0 Å². The van der Waals surface area contributed by atoms with Crippen molar-refractivity contribution in [3.63, 3.8) is 0 Å². The third kappa shape index (κ3) is 5.88. The molecule has 0 radical (unpaired) electrons. The molecule has 1 N–H and O–H groups in total. The maximum Gasteiger partial charge on any atom is 0.00390 e. The molecule has 0 aliphatic carbocycles. The molecule has 1 nitrogen and oxygen atoms in total. The lowest BCUT2D eigenvalue weighted by molar-refractivity contribution is 0.441. The van der Waals surface area contributed by atoms with Crippen LogP contribution in [-0.4, -0.2) is 12.6 Å². The average molecular weight is 233 g/mol. The second kappa shape index (κ2) is 7.50. The molecular formula is C16H27N. The molecule has 0 saturated heterocycles. The lowest BCUT2D eigenvalue weighted by Gasteiger charge is -2.18. The van der Waals surface area contributed by atoms with Gasteiger partial charge in [0.15, 0.2) is 0 Å². The first-order valence-corrected chi connectivity index (χ1v) is 6.88. The molecule has 2 atom stereocenters. The predicted molar refractivity (Wildman–Crippen MR) is 76.4 cm³/mol.